The summed E-state index contributed by atoms with van der Waals surface area (Å²) in [5.41, 5.74) is 1.15. The number of urea groups is 1. The van der Waals surface area contributed by atoms with Crippen molar-refractivity contribution in [3.63, 3.8) is 0 Å². The Labute approximate surface area is 245 Å². The number of allylic oxidation sites excluding steroid dienone is 1. The zero-order valence-electron chi connectivity index (χ0n) is 25.2. The molecule has 0 radical (unpaired) electrons. The Morgan fingerprint density at radius 1 is 1.20 bits per heavy atom. The number of piperidine rings is 1. The fourth-order valence-corrected chi connectivity index (χ4v) is 7.71. The molecule has 1 aromatic rings. The molecule has 2 saturated heterocycles. The maximum absolute atomic E-state index is 13.3. The van der Waals surface area contributed by atoms with Crippen molar-refractivity contribution in [3.05, 3.63) is 47.5 Å². The average Bonchev–Trinajstić information content (AvgIpc) is 3.32. The summed E-state index contributed by atoms with van der Waals surface area (Å²) >= 11 is 0. The van der Waals surface area contributed by atoms with Gasteiger partial charge in [0.05, 0.1) is 17.6 Å². The van der Waals surface area contributed by atoms with Gasteiger partial charge in [-0.25, -0.2) is 4.79 Å². The number of hydrogen-bond acceptors (Lipinski definition) is 5. The highest BCUT2D eigenvalue weighted by Gasteiger charge is 2.68. The monoisotopic (exact) mass is 560 g/mol. The summed E-state index contributed by atoms with van der Waals surface area (Å²) < 4.78 is 13.3. The third-order valence-corrected chi connectivity index (χ3v) is 10.1. The first-order valence-corrected chi connectivity index (χ1v) is 15.4. The molecule has 41 heavy (non-hydrogen) atoms. The van der Waals surface area contributed by atoms with Gasteiger partial charge in [-0.15, -0.1) is 0 Å². The van der Waals surface area contributed by atoms with Gasteiger partial charge in [-0.05, 0) is 74.2 Å². The highest BCUT2D eigenvalue weighted by atomic mass is 16.7. The lowest BCUT2D eigenvalue weighted by Crippen LogP contribution is -2.65. The minimum Gasteiger partial charge on any atom is -0.404 e. The minimum absolute atomic E-state index is 0.0300. The van der Waals surface area contributed by atoms with Crippen LogP contribution < -0.4 is 10.6 Å². The lowest BCUT2D eigenvalue weighted by atomic mass is 9.43. The van der Waals surface area contributed by atoms with E-state index in [-0.39, 0.29) is 52.5 Å². The third-order valence-electron chi connectivity index (χ3n) is 10.1. The molecule has 2 bridgehead atoms. The Bertz CT molecular complexity index is 1200. The second kappa shape index (κ2) is 11.8. The molecule has 6 rings (SSSR count). The zero-order chi connectivity index (χ0) is 29.4. The largest absolute Gasteiger partial charge is 0.482 e. The molecule has 0 aromatic heterocycles. The number of benzene rings is 1. The van der Waals surface area contributed by atoms with Gasteiger partial charge in [0.1, 0.15) is 11.6 Å². The molecule has 2 N–H and O–H groups in total. The summed E-state index contributed by atoms with van der Waals surface area (Å²) in [5, 5.41) is 15.8. The molecule has 0 unspecified atom stereocenters. The lowest BCUT2D eigenvalue weighted by Gasteiger charge is -2.64. The van der Waals surface area contributed by atoms with Crippen molar-refractivity contribution in [1.29, 1.82) is 5.26 Å². The van der Waals surface area contributed by atoms with Crippen LogP contribution in [0.5, 0.6) is 0 Å². The van der Waals surface area contributed by atoms with Gasteiger partial charge in [0, 0.05) is 19.1 Å². The molecule has 3 saturated carbocycles. The number of nitriles is 1. The van der Waals surface area contributed by atoms with Crippen LogP contribution in [0.4, 0.5) is 4.79 Å². The summed E-state index contributed by atoms with van der Waals surface area (Å²) in [4.78, 5) is 28.3. The number of nitrogens with one attached hydrogen (secondary N) is 2. The molecule has 8 nitrogen and oxygen atoms in total. The van der Waals surface area contributed by atoms with E-state index in [0.29, 0.717) is 31.3 Å². The average molecular weight is 561 g/mol. The van der Waals surface area contributed by atoms with Crippen LogP contribution in [0.25, 0.3) is 0 Å². The zero-order valence-corrected chi connectivity index (χ0v) is 25.2. The first kappa shape index (κ1) is 29.7. The fraction of sp³-hybridized carbons (Fsp3) is 0.656. The smallest absolute Gasteiger partial charge is 0.404 e. The summed E-state index contributed by atoms with van der Waals surface area (Å²) in [6.45, 7) is 11.7. The van der Waals surface area contributed by atoms with E-state index in [1.54, 1.807) is 11.0 Å². The molecule has 220 valence electrons. The first-order valence-electron chi connectivity index (χ1n) is 15.4. The van der Waals surface area contributed by atoms with E-state index in [4.69, 9.17) is 9.31 Å². The van der Waals surface area contributed by atoms with E-state index in [1.165, 1.54) is 6.42 Å². The molecule has 5 fully saturated rings. The molecular weight excluding hydrogens is 515 g/mol. The SMILES string of the molecule is CC(C)C=C(C#N)C(=O)N1CCCC[C@H]1CNC(=O)N[C@@H](Cc1ccccc1)B1O[C@@H]2C[C@@H]3C[C@@H](C3(C)C)[C@]2(C)O1. The molecular formula is C32H45BN4O4. The second-order valence-electron chi connectivity index (χ2n) is 13.6. The Hall–Kier alpha value is -2.83. The molecule has 2 aliphatic heterocycles. The van der Waals surface area contributed by atoms with Crippen LogP contribution >= 0.6 is 0 Å². The number of carbonyl (C=O) groups is 2. The van der Waals surface area contributed by atoms with Crippen LogP contribution in [0.3, 0.4) is 0 Å². The maximum atomic E-state index is 13.3. The van der Waals surface area contributed by atoms with E-state index in [1.807, 2.05) is 32.0 Å². The maximum Gasteiger partial charge on any atom is 0.482 e. The molecule has 2 heterocycles. The number of hydrogen-bond donors (Lipinski definition) is 2. The van der Waals surface area contributed by atoms with E-state index in [9.17, 15) is 14.9 Å². The van der Waals surface area contributed by atoms with Crippen molar-refractivity contribution in [2.45, 2.75) is 96.8 Å². The van der Waals surface area contributed by atoms with Gasteiger partial charge in [0.25, 0.3) is 5.91 Å². The highest BCUT2D eigenvalue weighted by Crippen LogP contribution is 2.65. The van der Waals surface area contributed by atoms with E-state index >= 15 is 0 Å². The lowest BCUT2D eigenvalue weighted by molar-refractivity contribution is -0.199. The van der Waals surface area contributed by atoms with E-state index < -0.39 is 7.12 Å². The number of carbonyl (C=O) groups excluding carboxylic acids is 2. The molecule has 3 aliphatic carbocycles. The predicted octanol–water partition coefficient (Wildman–Crippen LogP) is 4.65. The van der Waals surface area contributed by atoms with Crippen LogP contribution in [0.2, 0.25) is 0 Å². The predicted molar refractivity (Wildman–Crippen MR) is 158 cm³/mol. The summed E-state index contributed by atoms with van der Waals surface area (Å²) in [7, 11) is -0.543. The summed E-state index contributed by atoms with van der Waals surface area (Å²) in [6, 6.07) is 11.7. The van der Waals surface area contributed by atoms with Crippen LogP contribution in [0.1, 0.15) is 72.3 Å². The molecule has 9 heteroatoms. The number of nitrogens with zero attached hydrogens (tertiary/aromatic N) is 2. The van der Waals surface area contributed by atoms with Gasteiger partial charge in [0.15, 0.2) is 0 Å². The third kappa shape index (κ3) is 5.92. The second-order valence-corrected chi connectivity index (χ2v) is 13.6. The van der Waals surface area contributed by atoms with Crippen LogP contribution in [-0.2, 0) is 20.5 Å². The van der Waals surface area contributed by atoms with Crippen molar-refractivity contribution in [2.75, 3.05) is 13.1 Å². The molecule has 3 amide bonds. The van der Waals surface area contributed by atoms with E-state index in [2.05, 4.69) is 49.6 Å². The van der Waals surface area contributed by atoms with Gasteiger partial charge >= 0.3 is 13.1 Å². The summed E-state index contributed by atoms with van der Waals surface area (Å²) in [6.07, 6.45) is 7.14. The number of rotatable bonds is 8. The highest BCUT2D eigenvalue weighted by molar-refractivity contribution is 6.48. The van der Waals surface area contributed by atoms with Crippen molar-refractivity contribution in [1.82, 2.24) is 15.5 Å². The van der Waals surface area contributed by atoms with E-state index in [0.717, 1.165) is 31.2 Å². The van der Waals surface area contributed by atoms with Gasteiger partial charge in [-0.2, -0.15) is 5.26 Å². The minimum atomic E-state index is -0.543. The summed E-state index contributed by atoms with van der Waals surface area (Å²) in [5.74, 6) is 0.566. The molecule has 6 atom stereocenters. The number of likely N-dealkylation sites (tertiary alicyclic amines) is 1. The number of amides is 3. The van der Waals surface area contributed by atoms with Gasteiger partial charge in [-0.1, -0.05) is 64.1 Å². The molecule has 0 spiro atoms. The van der Waals surface area contributed by atoms with Crippen molar-refractivity contribution >= 4 is 19.1 Å². The first-order chi connectivity index (χ1) is 19.5. The Morgan fingerprint density at radius 3 is 2.63 bits per heavy atom. The Kier molecular flexibility index (Phi) is 8.55. The normalized spacial score (nSPS) is 31.1. The fourth-order valence-electron chi connectivity index (χ4n) is 7.71. The van der Waals surface area contributed by atoms with Crippen molar-refractivity contribution in [3.8, 4) is 6.07 Å². The van der Waals surface area contributed by atoms with Crippen molar-refractivity contribution < 1.29 is 18.9 Å². The Balaban J connectivity index is 1.25. The van der Waals surface area contributed by atoms with Gasteiger partial charge in [-0.3, -0.25) is 4.79 Å². The topological polar surface area (TPSA) is 104 Å². The Morgan fingerprint density at radius 2 is 1.95 bits per heavy atom. The van der Waals surface area contributed by atoms with Crippen LogP contribution in [0.15, 0.2) is 42.0 Å². The standard InChI is InChI=1S/C32H45BN4O4/c1-21(2)15-23(19-34)29(38)37-14-10-9-13-25(37)20-35-30(39)36-28(16-22-11-7-6-8-12-22)33-40-27-18-24-17-26(31(24,3)4)32(27,5)41-33/h6-8,11-12,15,21,24-28H,9-10,13-14,16-18,20H2,1-5H3,(H2,35,36,39)/t24-,25-,26-,27+,28-,32-/m0/s1. The molecule has 1 aromatic carbocycles. The van der Waals surface area contributed by atoms with Crippen LogP contribution in [0, 0.1) is 34.5 Å². The van der Waals surface area contributed by atoms with Gasteiger partial charge < -0.3 is 24.8 Å². The molecule has 5 aliphatic rings. The quantitative estimate of drug-likeness (QED) is 0.274. The van der Waals surface area contributed by atoms with Crippen LogP contribution in [-0.4, -0.2) is 60.7 Å². The van der Waals surface area contributed by atoms with Crippen molar-refractivity contribution in [2.24, 2.45) is 23.2 Å². The van der Waals surface area contributed by atoms with Gasteiger partial charge in [0.2, 0.25) is 0 Å².